The Hall–Kier alpha value is -3.54. The monoisotopic (exact) mass is 418 g/mol. The summed E-state index contributed by atoms with van der Waals surface area (Å²) in [6.07, 6.45) is 0. The molecule has 158 valence electrons. The van der Waals surface area contributed by atoms with Crippen LogP contribution in [0, 0.1) is 23.2 Å². The van der Waals surface area contributed by atoms with E-state index in [1.165, 1.54) is 0 Å². The minimum absolute atomic E-state index is 0.163. The maximum absolute atomic E-state index is 13.2. The number of hydrogen-bond donors (Lipinski definition) is 3. The van der Waals surface area contributed by atoms with Gasteiger partial charge in [0.05, 0.1) is 23.5 Å². The van der Waals surface area contributed by atoms with E-state index in [1.54, 1.807) is 24.3 Å². The molecule has 2 heterocycles. The normalized spacial score (nSPS) is 24.8. The summed E-state index contributed by atoms with van der Waals surface area (Å²) in [5, 5.41) is 25.2. The van der Waals surface area contributed by atoms with Crippen LogP contribution in [-0.2, 0) is 20.9 Å². The Morgan fingerprint density at radius 3 is 2.45 bits per heavy atom. The van der Waals surface area contributed by atoms with Gasteiger partial charge >= 0.3 is 5.97 Å². The van der Waals surface area contributed by atoms with Gasteiger partial charge in [-0.25, -0.2) is 0 Å². The predicted octanol–water partition coefficient (Wildman–Crippen LogP) is 1.05. The first-order valence-corrected chi connectivity index (χ1v) is 10.1. The molecule has 0 bridgehead atoms. The van der Waals surface area contributed by atoms with E-state index in [1.807, 2.05) is 30.3 Å². The fourth-order valence-corrected chi connectivity index (χ4v) is 4.49. The molecule has 31 heavy (non-hydrogen) atoms. The highest BCUT2D eigenvalue weighted by atomic mass is 16.4. The van der Waals surface area contributed by atoms with E-state index in [0.717, 1.165) is 10.5 Å². The second kappa shape index (κ2) is 8.68. The Morgan fingerprint density at radius 2 is 1.74 bits per heavy atom. The zero-order chi connectivity index (χ0) is 22.0. The van der Waals surface area contributed by atoms with Crippen LogP contribution in [0.2, 0.25) is 0 Å². The second-order valence-corrected chi connectivity index (χ2v) is 7.70. The number of carboxylic acid groups (broad SMARTS) is 1. The quantitative estimate of drug-likeness (QED) is 0.454. The van der Waals surface area contributed by atoms with Crippen LogP contribution >= 0.6 is 0 Å². The number of amides is 2. The minimum atomic E-state index is -1.18. The third-order valence-electron chi connectivity index (χ3n) is 5.93. The first-order valence-electron chi connectivity index (χ1n) is 10.1. The van der Waals surface area contributed by atoms with Gasteiger partial charge in [-0.3, -0.25) is 24.6 Å². The van der Waals surface area contributed by atoms with Crippen LogP contribution in [0.4, 0.5) is 0 Å². The van der Waals surface area contributed by atoms with Gasteiger partial charge in [-0.05, 0) is 17.2 Å². The van der Waals surface area contributed by atoms with Gasteiger partial charge in [0.1, 0.15) is 6.04 Å². The van der Waals surface area contributed by atoms with E-state index in [0.29, 0.717) is 24.2 Å². The third-order valence-corrected chi connectivity index (χ3v) is 5.93. The molecule has 2 fully saturated rings. The average Bonchev–Trinajstić information content (AvgIpc) is 3.29. The molecule has 2 aliphatic rings. The molecule has 0 radical (unpaired) electrons. The van der Waals surface area contributed by atoms with Crippen LogP contribution in [0.3, 0.4) is 0 Å². The van der Waals surface area contributed by atoms with Gasteiger partial charge in [0.2, 0.25) is 11.8 Å². The van der Waals surface area contributed by atoms with E-state index in [2.05, 4.69) is 16.7 Å². The maximum Gasteiger partial charge on any atom is 0.321 e. The smallest absolute Gasteiger partial charge is 0.321 e. The Balaban J connectivity index is 1.52. The molecule has 2 aliphatic heterocycles. The highest BCUT2D eigenvalue weighted by Crippen LogP contribution is 2.44. The lowest BCUT2D eigenvalue weighted by Crippen LogP contribution is -2.44. The van der Waals surface area contributed by atoms with E-state index in [4.69, 9.17) is 0 Å². The highest BCUT2D eigenvalue weighted by molar-refractivity contribution is 6.08. The summed E-state index contributed by atoms with van der Waals surface area (Å²) in [5.74, 6) is -3.90. The van der Waals surface area contributed by atoms with Crippen molar-refractivity contribution in [1.82, 2.24) is 15.5 Å². The maximum atomic E-state index is 13.2. The molecule has 2 aromatic rings. The lowest BCUT2D eigenvalue weighted by Gasteiger charge is -2.22. The summed E-state index contributed by atoms with van der Waals surface area (Å²) >= 11 is 0. The number of rotatable bonds is 7. The van der Waals surface area contributed by atoms with Crippen LogP contribution < -0.4 is 10.6 Å². The first-order chi connectivity index (χ1) is 15.0. The lowest BCUT2D eigenvalue weighted by molar-refractivity contribution is -0.146. The van der Waals surface area contributed by atoms with Crippen molar-refractivity contribution in [1.29, 1.82) is 5.26 Å². The molecule has 0 spiro atoms. The topological polar surface area (TPSA) is 123 Å². The molecule has 0 aromatic heterocycles. The number of benzene rings is 2. The fraction of sp³-hybridized carbons (Fsp3) is 0.304. The number of nitrogens with zero attached hydrogens (tertiary/aromatic N) is 2. The SMILES string of the molecule is N#Cc1ccccc1C1NC(C(=O)O)C2C(=O)N(CCNCc3ccccc3)C(=O)C12. The van der Waals surface area contributed by atoms with Crippen LogP contribution in [0.1, 0.15) is 22.7 Å². The lowest BCUT2D eigenvalue weighted by atomic mass is 9.85. The fourth-order valence-electron chi connectivity index (χ4n) is 4.49. The minimum Gasteiger partial charge on any atom is -0.480 e. The first kappa shape index (κ1) is 20.7. The number of likely N-dealkylation sites (tertiary alicyclic amines) is 1. The number of carbonyl (C=O) groups is 3. The van der Waals surface area contributed by atoms with E-state index < -0.39 is 41.7 Å². The van der Waals surface area contributed by atoms with Gasteiger partial charge in [-0.2, -0.15) is 5.26 Å². The van der Waals surface area contributed by atoms with Crippen molar-refractivity contribution in [2.24, 2.45) is 11.8 Å². The highest BCUT2D eigenvalue weighted by Gasteiger charge is 2.61. The largest absolute Gasteiger partial charge is 0.480 e. The van der Waals surface area contributed by atoms with Gasteiger partial charge in [-0.1, -0.05) is 48.5 Å². The molecule has 0 aliphatic carbocycles. The summed E-state index contributed by atoms with van der Waals surface area (Å²) in [6, 6.07) is 16.7. The molecular weight excluding hydrogens is 396 g/mol. The number of fused-ring (bicyclic) bond motifs is 1. The predicted molar refractivity (Wildman–Crippen MR) is 110 cm³/mol. The molecule has 8 nitrogen and oxygen atoms in total. The van der Waals surface area contributed by atoms with Crippen LogP contribution in [0.5, 0.6) is 0 Å². The summed E-state index contributed by atoms with van der Waals surface area (Å²) < 4.78 is 0. The van der Waals surface area contributed by atoms with Crippen molar-refractivity contribution in [2.75, 3.05) is 13.1 Å². The van der Waals surface area contributed by atoms with Crippen molar-refractivity contribution in [3.63, 3.8) is 0 Å². The van der Waals surface area contributed by atoms with Gasteiger partial charge < -0.3 is 10.4 Å². The molecule has 4 unspecified atom stereocenters. The average molecular weight is 418 g/mol. The number of nitrogens with one attached hydrogen (secondary N) is 2. The molecule has 3 N–H and O–H groups in total. The molecule has 4 atom stereocenters. The standard InChI is InChI=1S/C23H22N4O4/c24-12-15-8-4-5-9-16(15)19-17-18(20(26-19)23(30)31)22(29)27(21(17)28)11-10-25-13-14-6-2-1-3-7-14/h1-9,17-20,25-26H,10-11,13H2,(H,30,31). The molecule has 0 saturated carbocycles. The Bertz CT molecular complexity index is 1050. The van der Waals surface area contributed by atoms with Crippen LogP contribution in [0.15, 0.2) is 54.6 Å². The molecule has 2 amide bonds. The molecule has 2 aromatic carbocycles. The summed E-state index contributed by atoms with van der Waals surface area (Å²) in [7, 11) is 0. The number of hydrogen-bond acceptors (Lipinski definition) is 6. The third kappa shape index (κ3) is 3.81. The van der Waals surface area contributed by atoms with Crippen molar-refractivity contribution in [2.45, 2.75) is 18.6 Å². The number of aliphatic carboxylic acids is 1. The summed E-state index contributed by atoms with van der Waals surface area (Å²) in [6.45, 7) is 1.16. The van der Waals surface area contributed by atoms with Crippen molar-refractivity contribution in [3.8, 4) is 6.07 Å². The van der Waals surface area contributed by atoms with E-state index in [9.17, 15) is 24.8 Å². The van der Waals surface area contributed by atoms with Gasteiger partial charge in [0.25, 0.3) is 0 Å². The van der Waals surface area contributed by atoms with Gasteiger partial charge in [-0.15, -0.1) is 0 Å². The van der Waals surface area contributed by atoms with Gasteiger partial charge in [0, 0.05) is 25.7 Å². The Morgan fingerprint density at radius 1 is 1.06 bits per heavy atom. The van der Waals surface area contributed by atoms with Crippen LogP contribution in [-0.4, -0.2) is 46.9 Å². The van der Waals surface area contributed by atoms with E-state index >= 15 is 0 Å². The van der Waals surface area contributed by atoms with Crippen molar-refractivity contribution in [3.05, 3.63) is 71.3 Å². The van der Waals surface area contributed by atoms with Crippen LogP contribution in [0.25, 0.3) is 0 Å². The number of carbonyl (C=O) groups excluding carboxylic acids is 2. The molecular formula is C23H22N4O4. The zero-order valence-corrected chi connectivity index (χ0v) is 16.7. The Kier molecular flexibility index (Phi) is 5.80. The number of imide groups is 1. The second-order valence-electron chi connectivity index (χ2n) is 7.70. The summed E-state index contributed by atoms with van der Waals surface area (Å²) in [4.78, 5) is 39.2. The molecule has 4 rings (SSSR count). The Labute approximate surface area is 179 Å². The number of carboxylic acids is 1. The zero-order valence-electron chi connectivity index (χ0n) is 16.7. The molecule has 8 heteroatoms. The van der Waals surface area contributed by atoms with Gasteiger partial charge in [0.15, 0.2) is 0 Å². The molecule has 2 saturated heterocycles. The van der Waals surface area contributed by atoms with Crippen molar-refractivity contribution < 1.29 is 19.5 Å². The van der Waals surface area contributed by atoms with Crippen molar-refractivity contribution >= 4 is 17.8 Å². The van der Waals surface area contributed by atoms with E-state index in [-0.39, 0.29) is 6.54 Å². The summed E-state index contributed by atoms with van der Waals surface area (Å²) in [5.41, 5.74) is 1.98. The number of nitriles is 1.